The molecule has 3 nitrogen and oxygen atoms in total. The van der Waals surface area contributed by atoms with Crippen molar-refractivity contribution < 1.29 is 9.84 Å². The first kappa shape index (κ1) is 14.3. The number of unbranched alkanes of at least 4 members (excludes halogenated alkanes) is 1. The molecule has 0 bridgehead atoms. The van der Waals surface area contributed by atoms with Crippen molar-refractivity contribution in [2.75, 3.05) is 0 Å². The van der Waals surface area contributed by atoms with Crippen molar-refractivity contribution in [3.8, 4) is 0 Å². The average molecular weight is 255 g/mol. The fourth-order valence-electron chi connectivity index (χ4n) is 3.57. The maximum atomic E-state index is 9.43. The summed E-state index contributed by atoms with van der Waals surface area (Å²) < 4.78 is 5.23. The molecule has 3 heteroatoms. The van der Waals surface area contributed by atoms with Crippen molar-refractivity contribution in [2.24, 2.45) is 11.3 Å². The van der Waals surface area contributed by atoms with Gasteiger partial charge in [-0.2, -0.15) is 0 Å². The van der Waals surface area contributed by atoms with Crippen LogP contribution in [-0.2, 0) is 4.74 Å². The van der Waals surface area contributed by atoms with E-state index in [2.05, 4.69) is 39.9 Å². The van der Waals surface area contributed by atoms with E-state index in [0.717, 1.165) is 6.42 Å². The van der Waals surface area contributed by atoms with Crippen LogP contribution in [0.2, 0.25) is 0 Å². The molecular formula is C15H29NO2. The van der Waals surface area contributed by atoms with Crippen molar-refractivity contribution in [3.63, 3.8) is 0 Å². The van der Waals surface area contributed by atoms with E-state index in [-0.39, 0.29) is 17.1 Å². The minimum absolute atomic E-state index is 0.0243. The lowest BCUT2D eigenvalue weighted by molar-refractivity contribution is 0.0990. The Morgan fingerprint density at radius 2 is 2.06 bits per heavy atom. The maximum Gasteiger partial charge on any atom is 0.183 e. The van der Waals surface area contributed by atoms with E-state index < -0.39 is 6.29 Å². The van der Waals surface area contributed by atoms with Crippen molar-refractivity contribution in [3.05, 3.63) is 0 Å². The topological polar surface area (TPSA) is 44.8 Å². The fraction of sp³-hybridized carbons (Fsp3) is 1.00. The van der Waals surface area contributed by atoms with Crippen LogP contribution in [0, 0.1) is 11.3 Å². The quantitative estimate of drug-likeness (QED) is 0.742. The Labute approximate surface area is 111 Å². The molecule has 18 heavy (non-hydrogen) atoms. The minimum atomic E-state index is -0.532. The van der Waals surface area contributed by atoms with E-state index in [1.807, 2.05) is 0 Å². The number of hydrogen-bond acceptors (Lipinski definition) is 3. The van der Waals surface area contributed by atoms with Crippen molar-refractivity contribution in [1.29, 1.82) is 0 Å². The summed E-state index contributed by atoms with van der Waals surface area (Å²) in [5.74, 6) is 0.616. The predicted molar refractivity (Wildman–Crippen MR) is 73.3 cm³/mol. The molecule has 0 aliphatic carbocycles. The van der Waals surface area contributed by atoms with Crippen molar-refractivity contribution in [2.45, 2.75) is 84.3 Å². The molecule has 2 rings (SSSR count). The molecule has 2 aliphatic rings. The molecule has 2 fully saturated rings. The Kier molecular flexibility index (Phi) is 3.79. The third-order valence-electron chi connectivity index (χ3n) is 5.54. The first-order valence-electron chi connectivity index (χ1n) is 7.43. The average Bonchev–Trinajstić information content (AvgIpc) is 2.93. The number of ether oxygens (including phenoxy) is 1. The monoisotopic (exact) mass is 255 g/mol. The van der Waals surface area contributed by atoms with Crippen LogP contribution in [0.5, 0.6) is 0 Å². The number of aliphatic hydroxyl groups excluding tert-OH is 1. The molecule has 5 unspecified atom stereocenters. The first-order valence-corrected chi connectivity index (χ1v) is 7.43. The predicted octanol–water partition coefficient (Wildman–Crippen LogP) is 2.68. The highest BCUT2D eigenvalue weighted by molar-refractivity contribution is 5.10. The molecule has 0 spiro atoms. The van der Waals surface area contributed by atoms with Gasteiger partial charge in [0.25, 0.3) is 0 Å². The third-order valence-corrected chi connectivity index (χ3v) is 5.54. The summed E-state index contributed by atoms with van der Waals surface area (Å²) in [5.41, 5.74) is 0.412. The molecule has 106 valence electrons. The van der Waals surface area contributed by atoms with Crippen LogP contribution in [0.4, 0.5) is 0 Å². The lowest BCUT2D eigenvalue weighted by Gasteiger charge is -2.45. The van der Waals surface area contributed by atoms with Crippen LogP contribution < -0.4 is 5.32 Å². The van der Waals surface area contributed by atoms with Crippen molar-refractivity contribution in [1.82, 2.24) is 5.32 Å². The molecule has 2 saturated heterocycles. The van der Waals surface area contributed by atoms with Gasteiger partial charge in [0.2, 0.25) is 0 Å². The van der Waals surface area contributed by atoms with Gasteiger partial charge in [0.1, 0.15) is 6.10 Å². The summed E-state index contributed by atoms with van der Waals surface area (Å²) in [6.45, 7) is 11.7. The van der Waals surface area contributed by atoms with E-state index in [1.54, 1.807) is 0 Å². The Balaban J connectivity index is 2.05. The normalized spacial score (nSPS) is 44.3. The second-order valence-electron chi connectivity index (χ2n) is 7.07. The number of rotatable bonds is 5. The molecule has 5 atom stereocenters. The summed E-state index contributed by atoms with van der Waals surface area (Å²) in [6, 6.07) is 0.320. The fourth-order valence-corrected chi connectivity index (χ4v) is 3.57. The second-order valence-corrected chi connectivity index (χ2v) is 7.07. The summed E-state index contributed by atoms with van der Waals surface area (Å²) >= 11 is 0. The Morgan fingerprint density at radius 3 is 2.56 bits per heavy atom. The molecule has 2 aliphatic heterocycles. The molecule has 2 heterocycles. The summed E-state index contributed by atoms with van der Waals surface area (Å²) in [6.07, 6.45) is 4.38. The lowest BCUT2D eigenvalue weighted by atomic mass is 9.65. The molecule has 0 aromatic rings. The van der Waals surface area contributed by atoms with Gasteiger partial charge in [-0.15, -0.1) is 0 Å². The first-order chi connectivity index (χ1) is 8.32. The molecule has 0 aromatic carbocycles. The third kappa shape index (κ3) is 2.33. The molecule has 0 saturated carbocycles. The smallest absolute Gasteiger partial charge is 0.183 e. The molecule has 2 N–H and O–H groups in total. The highest BCUT2D eigenvalue weighted by atomic mass is 16.7. The largest absolute Gasteiger partial charge is 0.366 e. The zero-order valence-corrected chi connectivity index (χ0v) is 12.5. The van der Waals surface area contributed by atoms with Gasteiger partial charge in [0, 0.05) is 11.6 Å². The minimum Gasteiger partial charge on any atom is -0.366 e. The number of aliphatic hydroxyl groups is 1. The molecule has 0 aromatic heterocycles. The van der Waals surface area contributed by atoms with Crippen LogP contribution in [0.1, 0.15) is 60.3 Å². The summed E-state index contributed by atoms with van der Waals surface area (Å²) in [7, 11) is 0. The van der Waals surface area contributed by atoms with Gasteiger partial charge in [-0.05, 0) is 31.1 Å². The Hall–Kier alpha value is -0.120. The van der Waals surface area contributed by atoms with Crippen LogP contribution in [0.3, 0.4) is 0 Å². The van der Waals surface area contributed by atoms with E-state index in [0.29, 0.717) is 12.0 Å². The zero-order valence-electron chi connectivity index (χ0n) is 12.5. The Bertz CT molecular complexity index is 305. The van der Waals surface area contributed by atoms with Gasteiger partial charge in [-0.1, -0.05) is 40.5 Å². The van der Waals surface area contributed by atoms with E-state index in [4.69, 9.17) is 4.74 Å². The summed E-state index contributed by atoms with van der Waals surface area (Å²) in [4.78, 5) is 0. The van der Waals surface area contributed by atoms with Gasteiger partial charge >= 0.3 is 0 Å². The van der Waals surface area contributed by atoms with Gasteiger partial charge in [-0.3, -0.25) is 0 Å². The Morgan fingerprint density at radius 1 is 1.44 bits per heavy atom. The number of nitrogens with one attached hydrogen (secondary N) is 1. The standard InChI is InChI=1S/C15H29NO2/c1-6-7-8-14(3,4)15(5)10(2)9-11(16-15)12-13(17)18-12/h10-13,16-17H,6-9H2,1-5H3. The highest BCUT2D eigenvalue weighted by Crippen LogP contribution is 2.48. The van der Waals surface area contributed by atoms with Crippen LogP contribution in [-0.4, -0.2) is 29.1 Å². The van der Waals surface area contributed by atoms with E-state index >= 15 is 0 Å². The number of epoxide rings is 1. The lowest BCUT2D eigenvalue weighted by Crippen LogP contribution is -2.55. The van der Waals surface area contributed by atoms with E-state index in [9.17, 15) is 5.11 Å². The summed E-state index contributed by atoms with van der Waals surface area (Å²) in [5, 5.41) is 13.2. The maximum absolute atomic E-state index is 9.43. The van der Waals surface area contributed by atoms with Crippen LogP contribution in [0.15, 0.2) is 0 Å². The molecule has 0 amide bonds. The van der Waals surface area contributed by atoms with Crippen LogP contribution in [0.25, 0.3) is 0 Å². The second kappa shape index (κ2) is 4.77. The van der Waals surface area contributed by atoms with Crippen LogP contribution >= 0.6 is 0 Å². The van der Waals surface area contributed by atoms with Gasteiger partial charge in [0.15, 0.2) is 6.29 Å². The van der Waals surface area contributed by atoms with Gasteiger partial charge < -0.3 is 15.2 Å². The van der Waals surface area contributed by atoms with Gasteiger partial charge in [0.05, 0.1) is 0 Å². The number of hydrogen-bond donors (Lipinski definition) is 2. The molecular weight excluding hydrogens is 226 g/mol. The highest BCUT2D eigenvalue weighted by Gasteiger charge is 2.56. The van der Waals surface area contributed by atoms with Crippen molar-refractivity contribution >= 4 is 0 Å². The zero-order chi connectivity index (χ0) is 13.6. The van der Waals surface area contributed by atoms with E-state index in [1.165, 1.54) is 19.3 Å². The molecule has 0 radical (unpaired) electrons. The SMILES string of the molecule is CCCCC(C)(C)C1(C)NC(C2OC2O)CC1C. The van der Waals surface area contributed by atoms with Gasteiger partial charge in [-0.25, -0.2) is 0 Å².